The number of nitrogen functional groups attached to an aromatic ring is 1. The number of hydrogen-bond donors (Lipinski definition) is 2. The van der Waals surface area contributed by atoms with Crippen molar-refractivity contribution in [2.45, 2.75) is 26.4 Å². The number of benzene rings is 1. The lowest BCUT2D eigenvalue weighted by Crippen LogP contribution is -2.25. The highest BCUT2D eigenvalue weighted by Crippen LogP contribution is 2.21. The first-order chi connectivity index (χ1) is 9.54. The number of carbonyl (C=O) groups is 1. The van der Waals surface area contributed by atoms with E-state index in [0.29, 0.717) is 30.2 Å². The zero-order chi connectivity index (χ0) is 15.0. The number of methoxy groups -OCH3 is 1. The van der Waals surface area contributed by atoms with Gasteiger partial charge in [-0.2, -0.15) is 0 Å². The number of rotatable bonds is 9. The van der Waals surface area contributed by atoms with Crippen LogP contribution in [0.2, 0.25) is 0 Å². The summed E-state index contributed by atoms with van der Waals surface area (Å²) in [6.07, 6.45) is 1.13. The van der Waals surface area contributed by atoms with Gasteiger partial charge in [-0.15, -0.1) is 0 Å². The normalized spacial score (nSPS) is 10.8. The van der Waals surface area contributed by atoms with Crippen molar-refractivity contribution in [1.29, 1.82) is 0 Å². The van der Waals surface area contributed by atoms with Crippen LogP contribution in [0.4, 0.5) is 5.69 Å². The van der Waals surface area contributed by atoms with Crippen molar-refractivity contribution in [1.82, 2.24) is 5.32 Å². The zero-order valence-electron chi connectivity index (χ0n) is 12.4. The molecule has 0 aliphatic rings. The number of nitrogens with two attached hydrogens (primary N) is 1. The molecule has 0 amide bonds. The quantitative estimate of drug-likeness (QED) is 0.410. The molecule has 0 radical (unpaired) electrons. The Bertz CT molecular complexity index is 433. The van der Waals surface area contributed by atoms with E-state index >= 15 is 0 Å². The second kappa shape index (κ2) is 8.55. The van der Waals surface area contributed by atoms with Gasteiger partial charge in [0.1, 0.15) is 5.75 Å². The van der Waals surface area contributed by atoms with Gasteiger partial charge in [0.05, 0.1) is 25.4 Å². The van der Waals surface area contributed by atoms with E-state index in [-0.39, 0.29) is 11.9 Å². The molecule has 0 fully saturated rings. The summed E-state index contributed by atoms with van der Waals surface area (Å²) in [5, 5.41) is 3.10. The minimum absolute atomic E-state index is 0.0177. The van der Waals surface area contributed by atoms with Crippen molar-refractivity contribution < 1.29 is 14.3 Å². The van der Waals surface area contributed by atoms with Gasteiger partial charge >= 0.3 is 0 Å². The lowest BCUT2D eigenvalue weighted by atomic mass is 10.1. The van der Waals surface area contributed by atoms with Crippen molar-refractivity contribution >= 4 is 11.5 Å². The largest absolute Gasteiger partial charge is 0.495 e. The highest BCUT2D eigenvalue weighted by Gasteiger charge is 2.08. The molecule has 0 unspecified atom stereocenters. The molecule has 20 heavy (non-hydrogen) atoms. The molecule has 0 atom stereocenters. The molecule has 0 saturated heterocycles. The van der Waals surface area contributed by atoms with Crippen molar-refractivity contribution in [3.05, 3.63) is 23.8 Å². The van der Waals surface area contributed by atoms with E-state index < -0.39 is 0 Å². The number of carbonyl (C=O) groups excluding carboxylic acids is 1. The lowest BCUT2D eigenvalue weighted by molar-refractivity contribution is 0.0767. The molecule has 1 rings (SSSR count). The fourth-order valence-electron chi connectivity index (χ4n) is 1.73. The van der Waals surface area contributed by atoms with Crippen LogP contribution in [0.5, 0.6) is 5.75 Å². The van der Waals surface area contributed by atoms with E-state index in [0.717, 1.165) is 13.0 Å². The highest BCUT2D eigenvalue weighted by molar-refractivity contribution is 5.98. The van der Waals surface area contributed by atoms with E-state index in [4.69, 9.17) is 15.2 Å². The predicted molar refractivity (Wildman–Crippen MR) is 80.3 cm³/mol. The third kappa shape index (κ3) is 5.59. The van der Waals surface area contributed by atoms with E-state index in [1.165, 1.54) is 0 Å². The number of ketones is 1. The van der Waals surface area contributed by atoms with Gasteiger partial charge in [-0.1, -0.05) is 0 Å². The molecule has 0 aliphatic carbocycles. The summed E-state index contributed by atoms with van der Waals surface area (Å²) in [4.78, 5) is 11.9. The summed E-state index contributed by atoms with van der Waals surface area (Å²) < 4.78 is 10.5. The molecule has 0 heterocycles. The number of ether oxygens (including phenoxy) is 2. The summed E-state index contributed by atoms with van der Waals surface area (Å²) in [6.45, 7) is 5.77. The monoisotopic (exact) mass is 280 g/mol. The van der Waals surface area contributed by atoms with E-state index in [1.54, 1.807) is 25.3 Å². The third-order valence-electron chi connectivity index (χ3n) is 2.79. The second-order valence-electron chi connectivity index (χ2n) is 4.83. The summed E-state index contributed by atoms with van der Waals surface area (Å²) in [5.74, 6) is 0.601. The molecule has 1 aromatic carbocycles. The van der Waals surface area contributed by atoms with Gasteiger partial charge in [0.25, 0.3) is 0 Å². The van der Waals surface area contributed by atoms with Crippen LogP contribution in [0.1, 0.15) is 30.6 Å². The van der Waals surface area contributed by atoms with Crippen LogP contribution in [0, 0.1) is 0 Å². The van der Waals surface area contributed by atoms with Gasteiger partial charge in [-0.05, 0) is 45.0 Å². The SMILES string of the molecule is COc1ccc(C(=O)CNCCCOC(C)C)cc1N. The molecule has 0 aromatic heterocycles. The van der Waals surface area contributed by atoms with Crippen molar-refractivity contribution in [2.75, 3.05) is 32.5 Å². The molecule has 0 saturated carbocycles. The molecule has 5 heteroatoms. The number of Topliss-reactive ketones (excluding diaryl/α,β-unsaturated/α-hetero) is 1. The van der Waals surface area contributed by atoms with Gasteiger partial charge < -0.3 is 20.5 Å². The minimum Gasteiger partial charge on any atom is -0.495 e. The molecule has 0 bridgehead atoms. The standard InChI is InChI=1S/C15H24N2O3/c1-11(2)20-8-4-7-17-10-14(18)12-5-6-15(19-3)13(16)9-12/h5-6,9,11,17H,4,7-8,10,16H2,1-3H3. The molecule has 3 N–H and O–H groups in total. The maximum absolute atomic E-state index is 11.9. The van der Waals surface area contributed by atoms with Crippen LogP contribution in [0.3, 0.4) is 0 Å². The van der Waals surface area contributed by atoms with E-state index in [9.17, 15) is 4.79 Å². The Hall–Kier alpha value is -1.59. The molecule has 112 valence electrons. The Labute approximate surface area is 120 Å². The van der Waals surface area contributed by atoms with Crippen LogP contribution in [-0.2, 0) is 4.74 Å². The summed E-state index contributed by atoms with van der Waals surface area (Å²) >= 11 is 0. The first-order valence-electron chi connectivity index (χ1n) is 6.83. The fraction of sp³-hybridized carbons (Fsp3) is 0.533. The molecule has 5 nitrogen and oxygen atoms in total. The number of nitrogens with one attached hydrogen (secondary N) is 1. The van der Waals surface area contributed by atoms with Crippen molar-refractivity contribution in [3.8, 4) is 5.75 Å². The van der Waals surface area contributed by atoms with Crippen LogP contribution in [0.15, 0.2) is 18.2 Å². The Balaban J connectivity index is 2.31. The fourth-order valence-corrected chi connectivity index (χ4v) is 1.73. The number of anilines is 1. The first kappa shape index (κ1) is 16.5. The van der Waals surface area contributed by atoms with Crippen molar-refractivity contribution in [3.63, 3.8) is 0 Å². The predicted octanol–water partition coefficient (Wildman–Crippen LogP) is 1.86. The number of hydrogen-bond acceptors (Lipinski definition) is 5. The maximum Gasteiger partial charge on any atom is 0.176 e. The smallest absolute Gasteiger partial charge is 0.176 e. The van der Waals surface area contributed by atoms with Gasteiger partial charge in [0.2, 0.25) is 0 Å². The van der Waals surface area contributed by atoms with Crippen LogP contribution in [0.25, 0.3) is 0 Å². The maximum atomic E-state index is 11.9. The van der Waals surface area contributed by atoms with Gasteiger partial charge in [-0.3, -0.25) is 4.79 Å². The topological polar surface area (TPSA) is 73.6 Å². The van der Waals surface area contributed by atoms with Gasteiger partial charge in [0, 0.05) is 12.2 Å². The van der Waals surface area contributed by atoms with Crippen LogP contribution < -0.4 is 15.8 Å². The Morgan fingerprint density at radius 3 is 2.75 bits per heavy atom. The molecular weight excluding hydrogens is 256 g/mol. The highest BCUT2D eigenvalue weighted by atomic mass is 16.5. The van der Waals surface area contributed by atoms with Crippen molar-refractivity contribution in [2.24, 2.45) is 0 Å². The summed E-state index contributed by atoms with van der Waals surface area (Å²) in [5.41, 5.74) is 6.85. The van der Waals surface area contributed by atoms with E-state index in [2.05, 4.69) is 5.32 Å². The van der Waals surface area contributed by atoms with Gasteiger partial charge in [-0.25, -0.2) is 0 Å². The molecular formula is C15H24N2O3. The Kier molecular flexibility index (Phi) is 7.04. The van der Waals surface area contributed by atoms with Crippen LogP contribution >= 0.6 is 0 Å². The second-order valence-corrected chi connectivity index (χ2v) is 4.83. The molecule has 0 aliphatic heterocycles. The Morgan fingerprint density at radius 1 is 1.40 bits per heavy atom. The summed E-state index contributed by atoms with van der Waals surface area (Å²) in [7, 11) is 1.55. The molecule has 0 spiro atoms. The van der Waals surface area contributed by atoms with Crippen LogP contribution in [-0.4, -0.2) is 38.7 Å². The van der Waals surface area contributed by atoms with E-state index in [1.807, 2.05) is 13.8 Å². The lowest BCUT2D eigenvalue weighted by Gasteiger charge is -2.09. The minimum atomic E-state index is 0.0177. The zero-order valence-corrected chi connectivity index (χ0v) is 12.4. The third-order valence-corrected chi connectivity index (χ3v) is 2.79. The first-order valence-corrected chi connectivity index (χ1v) is 6.83. The molecule has 1 aromatic rings. The average Bonchev–Trinajstić information content (AvgIpc) is 2.42. The van der Waals surface area contributed by atoms with Gasteiger partial charge in [0.15, 0.2) is 5.78 Å². The summed E-state index contributed by atoms with van der Waals surface area (Å²) in [6, 6.07) is 5.07. The Morgan fingerprint density at radius 2 is 2.15 bits per heavy atom. The average molecular weight is 280 g/mol.